The Hall–Kier alpha value is -0.530. The molecule has 0 spiro atoms. The van der Waals surface area contributed by atoms with Gasteiger partial charge in [-0.3, -0.25) is 6.08 Å². The average Bonchev–Trinajstić information content (AvgIpc) is 3.66. The molecular weight excluding hydrogens is 671 g/mol. The van der Waals surface area contributed by atoms with E-state index < -0.39 is 0 Å². The molecular formula is C40H58Cl2SiZr-4. The van der Waals surface area contributed by atoms with Crippen LogP contribution in [0.4, 0.5) is 0 Å². The third-order valence-electron chi connectivity index (χ3n) is 11.4. The van der Waals surface area contributed by atoms with Gasteiger partial charge in [-0.1, -0.05) is 113 Å². The van der Waals surface area contributed by atoms with Crippen molar-refractivity contribution >= 4 is 37.3 Å². The quantitative estimate of drug-likeness (QED) is 0.184. The molecule has 0 N–H and O–H groups in total. The summed E-state index contributed by atoms with van der Waals surface area (Å²) in [6, 6.07) is 9.16. The molecule has 44 heavy (non-hydrogen) atoms. The Labute approximate surface area is 302 Å². The van der Waals surface area contributed by atoms with Crippen molar-refractivity contribution in [2.75, 3.05) is 0 Å². The van der Waals surface area contributed by atoms with Crippen LogP contribution in [-0.4, -0.2) is 6.88 Å². The molecule has 2 atom stereocenters. The number of fused-ring (bicyclic) bond motifs is 6. The second-order valence-electron chi connectivity index (χ2n) is 13.9. The topological polar surface area (TPSA) is 0 Å². The van der Waals surface area contributed by atoms with Gasteiger partial charge in [-0.2, -0.15) is 44.9 Å². The van der Waals surface area contributed by atoms with Gasteiger partial charge in [0.2, 0.25) is 0 Å². The molecule has 0 saturated heterocycles. The summed E-state index contributed by atoms with van der Waals surface area (Å²) < 4.78 is 0. The van der Waals surface area contributed by atoms with Gasteiger partial charge < -0.3 is 12.8 Å². The van der Waals surface area contributed by atoms with Gasteiger partial charge in [-0.25, -0.2) is 18.1 Å². The van der Waals surface area contributed by atoms with E-state index >= 15 is 0 Å². The Kier molecular flexibility index (Phi) is 17.9. The molecule has 0 heterocycles. The Morgan fingerprint density at radius 1 is 0.886 bits per heavy atom. The number of hydrogen-bond acceptors (Lipinski definition) is 0. The summed E-state index contributed by atoms with van der Waals surface area (Å²) in [5.41, 5.74) is 10.3. The van der Waals surface area contributed by atoms with Crippen LogP contribution in [-0.2, 0) is 29.8 Å². The van der Waals surface area contributed by atoms with Gasteiger partial charge in [0, 0.05) is 0 Å². The fraction of sp³-hybridized carbons (Fsp3) is 0.525. The Balaban J connectivity index is 0.00000105. The van der Waals surface area contributed by atoms with Crippen LogP contribution in [0.1, 0.15) is 113 Å². The SMILES string of the molecule is C[C-]1C2=C3Cc4ccccc4C3=C3C=CCCC3C2(C)C(C)(C)C(C)(C)C1(C)C.C[CH-]C.C[CH-]C.Cl.Cl.[C-]1=CC=CC1.[Si]=[Zr]. The summed E-state index contributed by atoms with van der Waals surface area (Å²) >= 11 is 1.36. The zero-order valence-electron chi connectivity index (χ0n) is 29.6. The number of benzene rings is 1. The van der Waals surface area contributed by atoms with Crippen LogP contribution in [0.25, 0.3) is 5.57 Å². The number of rotatable bonds is 0. The zero-order valence-corrected chi connectivity index (χ0v) is 34.7. The number of hydrogen-bond donors (Lipinski definition) is 0. The van der Waals surface area contributed by atoms with Crippen molar-refractivity contribution in [1.29, 1.82) is 0 Å². The first-order valence-corrected chi connectivity index (χ1v) is 20.0. The molecule has 1 aromatic rings. The van der Waals surface area contributed by atoms with Gasteiger partial charge in [0.1, 0.15) is 0 Å². The Morgan fingerprint density at radius 2 is 1.45 bits per heavy atom. The molecule has 0 aliphatic heterocycles. The van der Waals surface area contributed by atoms with Crippen molar-refractivity contribution < 1.29 is 23.3 Å². The van der Waals surface area contributed by atoms with E-state index in [1.165, 1.54) is 47.3 Å². The van der Waals surface area contributed by atoms with E-state index in [2.05, 4.69) is 111 Å². The maximum atomic E-state index is 3.06. The Bertz CT molecular complexity index is 1220. The fourth-order valence-corrected chi connectivity index (χ4v) is 7.91. The molecule has 5 aliphatic rings. The summed E-state index contributed by atoms with van der Waals surface area (Å²) in [6.07, 6.45) is 22.5. The molecule has 1 fully saturated rings. The van der Waals surface area contributed by atoms with Crippen molar-refractivity contribution in [3.8, 4) is 0 Å². The Morgan fingerprint density at radius 3 is 1.95 bits per heavy atom. The van der Waals surface area contributed by atoms with E-state index in [1.807, 2.05) is 52.7 Å². The van der Waals surface area contributed by atoms with Crippen LogP contribution in [0.15, 0.2) is 71.4 Å². The van der Waals surface area contributed by atoms with Crippen LogP contribution in [0.3, 0.4) is 0 Å². The molecule has 0 nitrogen and oxygen atoms in total. The average molecular weight is 729 g/mol. The summed E-state index contributed by atoms with van der Waals surface area (Å²) in [7, 11) is 0. The first kappa shape index (κ1) is 43.5. The molecule has 1 saturated carbocycles. The van der Waals surface area contributed by atoms with Gasteiger partial charge in [0.15, 0.2) is 0 Å². The molecule has 0 aromatic heterocycles. The van der Waals surface area contributed by atoms with Gasteiger partial charge in [-0.15, -0.1) is 38.2 Å². The van der Waals surface area contributed by atoms with Crippen molar-refractivity contribution in [1.82, 2.24) is 0 Å². The summed E-state index contributed by atoms with van der Waals surface area (Å²) in [6.45, 7) is 31.4. The molecule has 2 unspecified atom stereocenters. The molecule has 2 radical (unpaired) electrons. The first-order chi connectivity index (χ1) is 19.8. The van der Waals surface area contributed by atoms with Crippen LogP contribution in [0, 0.1) is 52.4 Å². The summed E-state index contributed by atoms with van der Waals surface area (Å²) in [5.74, 6) is 2.24. The third kappa shape index (κ3) is 7.45. The standard InChI is InChI=1S/C29H37.C5H5.2C3H7.2ClH.Si.Zr/c1-18-25-22-17-19-13-9-10-14-20(19)24(22)21-15-11-12-16-23(21)29(25,8)28(6,7)27(4,5)26(18,2)3;1-2-4-5-3-1;2*1-3-2;;;;/h9-11,13-15,23H,12,16-17H2,1-8H3;1-3H,4H2;2*3H,1-2H3;2*1H;;/q4*-1;;;;. The van der Waals surface area contributed by atoms with E-state index in [0.717, 1.165) is 12.8 Å². The van der Waals surface area contributed by atoms with E-state index in [4.69, 9.17) is 0 Å². The van der Waals surface area contributed by atoms with E-state index in [-0.39, 0.29) is 46.5 Å². The molecule has 0 bridgehead atoms. The van der Waals surface area contributed by atoms with E-state index in [9.17, 15) is 0 Å². The van der Waals surface area contributed by atoms with Crippen molar-refractivity contribution in [2.24, 2.45) is 27.6 Å². The van der Waals surface area contributed by atoms with Gasteiger partial charge in [0.25, 0.3) is 0 Å². The normalized spacial score (nSPS) is 24.8. The third-order valence-corrected chi connectivity index (χ3v) is 11.4. The fourth-order valence-electron chi connectivity index (χ4n) is 7.91. The number of allylic oxidation sites excluding steroid dienone is 10. The van der Waals surface area contributed by atoms with Gasteiger partial charge >= 0.3 is 30.2 Å². The summed E-state index contributed by atoms with van der Waals surface area (Å²) in [4.78, 5) is 0. The molecule has 244 valence electrons. The maximum absolute atomic E-state index is 3.06. The van der Waals surface area contributed by atoms with Crippen molar-refractivity contribution in [2.45, 2.75) is 109 Å². The van der Waals surface area contributed by atoms with Gasteiger partial charge in [-0.05, 0) is 40.6 Å². The molecule has 1 aromatic carbocycles. The second kappa shape index (κ2) is 18.1. The minimum absolute atomic E-state index is 0. The van der Waals surface area contributed by atoms with Crippen LogP contribution < -0.4 is 0 Å². The molecule has 6 rings (SSSR count). The molecule has 5 aliphatic carbocycles. The minimum atomic E-state index is 0. The van der Waals surface area contributed by atoms with Crippen LogP contribution in [0.5, 0.6) is 0 Å². The monoisotopic (exact) mass is 726 g/mol. The van der Waals surface area contributed by atoms with Crippen LogP contribution in [0.2, 0.25) is 0 Å². The molecule has 0 amide bonds. The number of halogens is 2. The second-order valence-corrected chi connectivity index (χ2v) is 13.9. The predicted molar refractivity (Wildman–Crippen MR) is 197 cm³/mol. The van der Waals surface area contributed by atoms with E-state index in [1.54, 1.807) is 28.2 Å². The first-order valence-electron chi connectivity index (χ1n) is 15.8. The van der Waals surface area contributed by atoms with Gasteiger partial charge in [0.05, 0.1) is 0 Å². The van der Waals surface area contributed by atoms with E-state index in [0.29, 0.717) is 5.92 Å². The molecule has 4 heteroatoms. The predicted octanol–water partition coefficient (Wildman–Crippen LogP) is 12.2. The summed E-state index contributed by atoms with van der Waals surface area (Å²) in [5, 5.41) is 0. The van der Waals surface area contributed by atoms with Crippen molar-refractivity contribution in [3.63, 3.8) is 0 Å². The van der Waals surface area contributed by atoms with Crippen molar-refractivity contribution in [3.05, 3.63) is 107 Å². The zero-order chi connectivity index (χ0) is 31.9. The van der Waals surface area contributed by atoms with Crippen LogP contribution >= 0.6 is 24.8 Å².